The van der Waals surface area contributed by atoms with Gasteiger partial charge in [-0.2, -0.15) is 5.26 Å². The fraction of sp³-hybridized carbons (Fsp3) is 0.417. The van der Waals surface area contributed by atoms with Crippen molar-refractivity contribution in [2.75, 3.05) is 19.8 Å². The quantitative estimate of drug-likeness (QED) is 0.549. The Hall–Kier alpha value is -1.52. The summed E-state index contributed by atoms with van der Waals surface area (Å²) in [6, 6.07) is 5.80. The molecule has 0 aliphatic heterocycles. The van der Waals surface area contributed by atoms with Crippen LogP contribution in [0.5, 0.6) is 0 Å². The van der Waals surface area contributed by atoms with E-state index in [2.05, 4.69) is 5.32 Å². The summed E-state index contributed by atoms with van der Waals surface area (Å²) in [5.41, 5.74) is -0.723. The smallest absolute Gasteiger partial charge is 0.127 e. The largest absolute Gasteiger partial charge is 0.394 e. The van der Waals surface area contributed by atoms with E-state index in [4.69, 9.17) is 20.6 Å². The van der Waals surface area contributed by atoms with Crippen LogP contribution in [0, 0.1) is 17.1 Å². The van der Waals surface area contributed by atoms with Gasteiger partial charge in [-0.1, -0.05) is 0 Å². The van der Waals surface area contributed by atoms with Gasteiger partial charge in [0.25, 0.3) is 0 Å². The zero-order valence-electron chi connectivity index (χ0n) is 9.73. The molecule has 0 spiro atoms. The van der Waals surface area contributed by atoms with E-state index in [0.29, 0.717) is 5.56 Å². The number of aliphatic hydroxyl groups excluding tert-OH is 3. The Morgan fingerprint density at radius 1 is 1.22 bits per heavy atom. The molecule has 18 heavy (non-hydrogen) atoms. The predicted molar refractivity (Wildman–Crippen MR) is 61.9 cm³/mol. The molecule has 0 aromatic heterocycles. The van der Waals surface area contributed by atoms with Crippen molar-refractivity contribution in [3.05, 3.63) is 35.1 Å². The number of benzene rings is 1. The lowest BCUT2D eigenvalue weighted by molar-refractivity contribution is 0.0412. The van der Waals surface area contributed by atoms with E-state index in [0.717, 1.165) is 0 Å². The van der Waals surface area contributed by atoms with Gasteiger partial charge >= 0.3 is 0 Å². The second-order valence-corrected chi connectivity index (χ2v) is 4.03. The average Bonchev–Trinajstić information content (AvgIpc) is 2.42. The molecule has 0 heterocycles. The summed E-state index contributed by atoms with van der Waals surface area (Å²) in [7, 11) is 0. The van der Waals surface area contributed by atoms with Crippen molar-refractivity contribution in [3.63, 3.8) is 0 Å². The third kappa shape index (κ3) is 3.24. The Morgan fingerprint density at radius 3 is 2.33 bits per heavy atom. The minimum absolute atomic E-state index is 0.0109. The Bertz CT molecular complexity index is 433. The number of hydrogen-bond acceptors (Lipinski definition) is 5. The highest BCUT2D eigenvalue weighted by atomic mass is 19.1. The van der Waals surface area contributed by atoms with Crippen molar-refractivity contribution in [2.45, 2.75) is 12.1 Å². The Morgan fingerprint density at radius 2 is 1.83 bits per heavy atom. The first kappa shape index (κ1) is 14.5. The molecular formula is C12H15FN2O3. The van der Waals surface area contributed by atoms with Crippen LogP contribution in [-0.4, -0.2) is 40.7 Å². The van der Waals surface area contributed by atoms with Crippen LogP contribution in [0.15, 0.2) is 18.2 Å². The lowest BCUT2D eigenvalue weighted by Gasteiger charge is -2.28. The molecule has 0 aliphatic rings. The molecule has 0 saturated heterocycles. The molecule has 6 heteroatoms. The maximum absolute atomic E-state index is 13.5. The normalized spacial score (nSPS) is 11.3. The molecule has 0 bridgehead atoms. The van der Waals surface area contributed by atoms with E-state index in [9.17, 15) is 4.39 Å². The number of rotatable bonds is 6. The van der Waals surface area contributed by atoms with Gasteiger partial charge in [-0.05, 0) is 18.2 Å². The molecule has 0 atom stereocenters. The number of nitrogens with one attached hydrogen (secondary N) is 1. The third-order valence-electron chi connectivity index (χ3n) is 2.74. The maximum Gasteiger partial charge on any atom is 0.127 e. The van der Waals surface area contributed by atoms with E-state index in [1.807, 2.05) is 6.07 Å². The molecule has 0 radical (unpaired) electrons. The zero-order valence-corrected chi connectivity index (χ0v) is 9.73. The van der Waals surface area contributed by atoms with Crippen molar-refractivity contribution in [3.8, 4) is 6.07 Å². The predicted octanol–water partition coefficient (Wildman–Crippen LogP) is -0.497. The molecule has 98 valence electrons. The summed E-state index contributed by atoms with van der Waals surface area (Å²) in [5, 5.41) is 38.7. The number of hydrogen-bond donors (Lipinski definition) is 4. The zero-order chi connectivity index (χ0) is 13.6. The molecular weight excluding hydrogens is 239 g/mol. The van der Waals surface area contributed by atoms with Gasteiger partial charge in [0.05, 0.1) is 37.0 Å². The van der Waals surface area contributed by atoms with Crippen molar-refractivity contribution < 1.29 is 19.7 Å². The summed E-state index contributed by atoms with van der Waals surface area (Å²) >= 11 is 0. The van der Waals surface area contributed by atoms with Gasteiger partial charge in [-0.25, -0.2) is 4.39 Å². The molecule has 5 nitrogen and oxygen atoms in total. The monoisotopic (exact) mass is 254 g/mol. The van der Waals surface area contributed by atoms with Crippen LogP contribution in [0.4, 0.5) is 4.39 Å². The minimum atomic E-state index is -1.27. The number of aliphatic hydroxyl groups is 3. The molecule has 0 saturated carbocycles. The van der Waals surface area contributed by atoms with Gasteiger partial charge < -0.3 is 20.6 Å². The van der Waals surface area contributed by atoms with E-state index in [1.165, 1.54) is 18.2 Å². The van der Waals surface area contributed by atoms with Crippen LogP contribution >= 0.6 is 0 Å². The molecule has 0 unspecified atom stereocenters. The summed E-state index contributed by atoms with van der Waals surface area (Å²) in [6.45, 7) is -1.47. The Balaban J connectivity index is 2.82. The van der Waals surface area contributed by atoms with E-state index in [1.54, 1.807) is 0 Å². The average molecular weight is 254 g/mol. The van der Waals surface area contributed by atoms with Crippen LogP contribution in [0.2, 0.25) is 0 Å². The lowest BCUT2D eigenvalue weighted by Crippen LogP contribution is -2.54. The van der Waals surface area contributed by atoms with Gasteiger partial charge in [0, 0.05) is 12.1 Å². The number of nitrogens with zero attached hydrogens (tertiary/aromatic N) is 1. The van der Waals surface area contributed by atoms with Gasteiger partial charge in [-0.15, -0.1) is 0 Å². The van der Waals surface area contributed by atoms with Crippen LogP contribution in [0.3, 0.4) is 0 Å². The second-order valence-electron chi connectivity index (χ2n) is 4.03. The first-order valence-electron chi connectivity index (χ1n) is 5.37. The van der Waals surface area contributed by atoms with Crippen molar-refractivity contribution in [2.24, 2.45) is 0 Å². The first-order chi connectivity index (χ1) is 8.60. The first-order valence-corrected chi connectivity index (χ1v) is 5.37. The van der Waals surface area contributed by atoms with Crippen LogP contribution in [0.1, 0.15) is 11.1 Å². The van der Waals surface area contributed by atoms with Crippen molar-refractivity contribution in [1.29, 1.82) is 5.26 Å². The highest BCUT2D eigenvalue weighted by Crippen LogP contribution is 2.12. The van der Waals surface area contributed by atoms with Crippen LogP contribution in [-0.2, 0) is 6.54 Å². The lowest BCUT2D eigenvalue weighted by atomic mass is 10.0. The fourth-order valence-corrected chi connectivity index (χ4v) is 1.38. The Labute approximate surface area is 104 Å². The summed E-state index contributed by atoms with van der Waals surface area (Å²) in [5.74, 6) is -0.496. The van der Waals surface area contributed by atoms with Crippen molar-refractivity contribution >= 4 is 0 Å². The maximum atomic E-state index is 13.5. The summed E-state index contributed by atoms with van der Waals surface area (Å²) < 4.78 is 13.5. The van der Waals surface area contributed by atoms with E-state index >= 15 is 0 Å². The van der Waals surface area contributed by atoms with Gasteiger partial charge in [0.2, 0.25) is 0 Å². The minimum Gasteiger partial charge on any atom is -0.394 e. The van der Waals surface area contributed by atoms with Crippen LogP contribution in [0.25, 0.3) is 0 Å². The highest BCUT2D eigenvalue weighted by molar-refractivity contribution is 5.33. The summed E-state index contributed by atoms with van der Waals surface area (Å²) in [4.78, 5) is 0. The Kier molecular flexibility index (Phi) is 5.19. The number of nitriles is 1. The SMILES string of the molecule is N#Cc1ccc(F)c(CNC(CO)(CO)CO)c1. The molecule has 1 aromatic carbocycles. The van der Waals surface area contributed by atoms with Gasteiger partial charge in [0.1, 0.15) is 5.82 Å². The third-order valence-corrected chi connectivity index (χ3v) is 2.74. The van der Waals surface area contributed by atoms with Gasteiger partial charge in [-0.3, -0.25) is 0 Å². The van der Waals surface area contributed by atoms with Crippen LogP contribution < -0.4 is 5.32 Å². The topological polar surface area (TPSA) is 96.5 Å². The van der Waals surface area contributed by atoms with Crippen molar-refractivity contribution in [1.82, 2.24) is 5.32 Å². The van der Waals surface area contributed by atoms with E-state index in [-0.39, 0.29) is 12.1 Å². The number of halogens is 1. The standard InChI is InChI=1S/C12H15FN2O3/c13-11-2-1-9(4-14)3-10(11)5-15-12(6-16,7-17)8-18/h1-3,15-18H,5-8H2. The van der Waals surface area contributed by atoms with Gasteiger partial charge in [0.15, 0.2) is 0 Å². The molecule has 0 amide bonds. The fourth-order valence-electron chi connectivity index (χ4n) is 1.38. The highest BCUT2D eigenvalue weighted by Gasteiger charge is 2.27. The molecule has 4 N–H and O–H groups in total. The molecule has 0 aliphatic carbocycles. The van der Waals surface area contributed by atoms with E-state index < -0.39 is 31.2 Å². The summed E-state index contributed by atoms with van der Waals surface area (Å²) in [6.07, 6.45) is 0. The molecule has 1 rings (SSSR count). The molecule has 0 fully saturated rings. The molecule has 1 aromatic rings. The second kappa shape index (κ2) is 6.42.